The number of halogens is 1. The van der Waals surface area contributed by atoms with E-state index in [1.807, 2.05) is 6.07 Å². The maximum Gasteiger partial charge on any atom is 0.254 e. The molecule has 20 heavy (non-hydrogen) atoms. The van der Waals surface area contributed by atoms with Gasteiger partial charge in [0, 0.05) is 31.2 Å². The van der Waals surface area contributed by atoms with E-state index in [4.69, 9.17) is 0 Å². The minimum Gasteiger partial charge on any atom is -0.336 e. The molecule has 0 bridgehead atoms. The van der Waals surface area contributed by atoms with Gasteiger partial charge in [0.05, 0.1) is 0 Å². The summed E-state index contributed by atoms with van der Waals surface area (Å²) in [5.41, 5.74) is 3.46. The average Bonchev–Trinajstić information content (AvgIpc) is 2.88. The zero-order chi connectivity index (χ0) is 13.4. The third kappa shape index (κ3) is 2.84. The quantitative estimate of drug-likeness (QED) is 0.864. The molecule has 2 unspecified atom stereocenters. The minimum atomic E-state index is 0. The van der Waals surface area contributed by atoms with Gasteiger partial charge in [-0.3, -0.25) is 4.79 Å². The normalized spacial score (nSPS) is 25.0. The Balaban J connectivity index is 0.00000147. The molecule has 1 saturated heterocycles. The summed E-state index contributed by atoms with van der Waals surface area (Å²) in [6.45, 7) is 7.12. The molecule has 0 spiro atoms. The van der Waals surface area contributed by atoms with E-state index in [0.717, 1.165) is 31.6 Å². The number of benzene rings is 1. The van der Waals surface area contributed by atoms with Gasteiger partial charge >= 0.3 is 0 Å². The monoisotopic (exact) mass is 294 g/mol. The Morgan fingerprint density at radius 2 is 1.95 bits per heavy atom. The Morgan fingerprint density at radius 3 is 2.75 bits per heavy atom. The molecular formula is C16H23ClN2O. The van der Waals surface area contributed by atoms with Gasteiger partial charge in [0.1, 0.15) is 0 Å². The number of fused-ring (bicyclic) bond motifs is 1. The first-order valence-corrected chi connectivity index (χ1v) is 7.28. The summed E-state index contributed by atoms with van der Waals surface area (Å²) >= 11 is 0. The van der Waals surface area contributed by atoms with Crippen molar-refractivity contribution in [1.29, 1.82) is 0 Å². The van der Waals surface area contributed by atoms with Gasteiger partial charge in [-0.15, -0.1) is 12.4 Å². The fourth-order valence-corrected chi connectivity index (χ4v) is 3.17. The smallest absolute Gasteiger partial charge is 0.254 e. The molecule has 0 aromatic heterocycles. The lowest BCUT2D eigenvalue weighted by Crippen LogP contribution is -2.44. The number of likely N-dealkylation sites (tertiary alicyclic amines) is 1. The van der Waals surface area contributed by atoms with Gasteiger partial charge in [-0.05, 0) is 48.9 Å². The van der Waals surface area contributed by atoms with Crippen molar-refractivity contribution in [2.24, 2.45) is 5.92 Å². The molecule has 2 heterocycles. The van der Waals surface area contributed by atoms with Gasteiger partial charge in [-0.2, -0.15) is 0 Å². The van der Waals surface area contributed by atoms with Crippen molar-refractivity contribution < 1.29 is 4.79 Å². The molecule has 0 aliphatic carbocycles. The van der Waals surface area contributed by atoms with E-state index < -0.39 is 0 Å². The number of hydrogen-bond acceptors (Lipinski definition) is 2. The molecule has 3 nitrogen and oxygen atoms in total. The standard InChI is InChI=1S/C16H22N2O.ClH/c1-11-3-4-12(2)18(10-11)16(19)13-5-6-14-8-17-9-15(14)7-13;/h5-7,11-12,17H,3-4,8-10H2,1-2H3;1H. The molecule has 3 rings (SSSR count). The molecule has 1 aromatic rings. The van der Waals surface area contributed by atoms with Gasteiger partial charge < -0.3 is 10.2 Å². The van der Waals surface area contributed by atoms with E-state index in [1.54, 1.807) is 0 Å². The van der Waals surface area contributed by atoms with Gasteiger partial charge in [0.2, 0.25) is 0 Å². The molecule has 2 aliphatic heterocycles. The van der Waals surface area contributed by atoms with Crippen LogP contribution in [0, 0.1) is 5.92 Å². The van der Waals surface area contributed by atoms with Crippen LogP contribution in [0.4, 0.5) is 0 Å². The molecule has 1 N–H and O–H groups in total. The highest BCUT2D eigenvalue weighted by atomic mass is 35.5. The highest BCUT2D eigenvalue weighted by molar-refractivity contribution is 5.94. The number of carbonyl (C=O) groups is 1. The Bertz CT molecular complexity index is 503. The number of nitrogens with zero attached hydrogens (tertiary/aromatic N) is 1. The van der Waals surface area contributed by atoms with E-state index >= 15 is 0 Å². The summed E-state index contributed by atoms with van der Waals surface area (Å²) in [5.74, 6) is 0.824. The van der Waals surface area contributed by atoms with Crippen LogP contribution in [0.2, 0.25) is 0 Å². The third-order valence-corrected chi connectivity index (χ3v) is 4.46. The van der Waals surface area contributed by atoms with Crippen LogP contribution in [0.25, 0.3) is 0 Å². The summed E-state index contributed by atoms with van der Waals surface area (Å²) in [5, 5.41) is 3.32. The van der Waals surface area contributed by atoms with Gasteiger partial charge in [-0.1, -0.05) is 13.0 Å². The minimum absolute atomic E-state index is 0. The first kappa shape index (κ1) is 15.3. The second kappa shape index (κ2) is 6.15. The number of rotatable bonds is 1. The predicted molar refractivity (Wildman–Crippen MR) is 83.1 cm³/mol. The van der Waals surface area contributed by atoms with Crippen molar-refractivity contribution in [2.75, 3.05) is 6.54 Å². The van der Waals surface area contributed by atoms with Gasteiger partial charge in [-0.25, -0.2) is 0 Å². The summed E-state index contributed by atoms with van der Waals surface area (Å²) in [4.78, 5) is 14.7. The summed E-state index contributed by atoms with van der Waals surface area (Å²) in [6, 6.07) is 6.53. The summed E-state index contributed by atoms with van der Waals surface area (Å²) in [6.07, 6.45) is 2.36. The number of piperidine rings is 1. The van der Waals surface area contributed by atoms with Crippen LogP contribution in [-0.4, -0.2) is 23.4 Å². The fraction of sp³-hybridized carbons (Fsp3) is 0.562. The van der Waals surface area contributed by atoms with Gasteiger partial charge in [0.25, 0.3) is 5.91 Å². The van der Waals surface area contributed by atoms with Crippen molar-refractivity contribution in [3.05, 3.63) is 34.9 Å². The molecule has 2 aliphatic rings. The maximum absolute atomic E-state index is 12.7. The van der Waals surface area contributed by atoms with E-state index in [1.165, 1.54) is 17.5 Å². The van der Waals surface area contributed by atoms with Crippen LogP contribution in [0.1, 0.15) is 48.2 Å². The van der Waals surface area contributed by atoms with Crippen molar-refractivity contribution in [3.63, 3.8) is 0 Å². The molecule has 2 atom stereocenters. The lowest BCUT2D eigenvalue weighted by Gasteiger charge is -2.37. The maximum atomic E-state index is 12.7. The lowest BCUT2D eigenvalue weighted by molar-refractivity contribution is 0.0574. The Hall–Kier alpha value is -1.06. The van der Waals surface area contributed by atoms with Crippen LogP contribution in [0.15, 0.2) is 18.2 Å². The highest BCUT2D eigenvalue weighted by Gasteiger charge is 2.28. The summed E-state index contributed by atoms with van der Waals surface area (Å²) in [7, 11) is 0. The SMILES string of the molecule is CC1CCC(C)N(C(=O)c2ccc3c(c2)CNC3)C1.Cl. The second-order valence-electron chi connectivity index (χ2n) is 6.08. The van der Waals surface area contributed by atoms with Gasteiger partial charge in [0.15, 0.2) is 0 Å². The molecule has 0 radical (unpaired) electrons. The van der Waals surface area contributed by atoms with E-state index in [9.17, 15) is 4.79 Å². The van der Waals surface area contributed by atoms with E-state index in [2.05, 4.69) is 36.2 Å². The Labute approximate surface area is 127 Å². The molecule has 1 amide bonds. The van der Waals surface area contributed by atoms with Crippen LogP contribution in [0.3, 0.4) is 0 Å². The van der Waals surface area contributed by atoms with Crippen molar-refractivity contribution >= 4 is 18.3 Å². The van der Waals surface area contributed by atoms with Crippen LogP contribution >= 0.6 is 12.4 Å². The predicted octanol–water partition coefficient (Wildman–Crippen LogP) is 2.97. The zero-order valence-corrected chi connectivity index (χ0v) is 13.0. The first-order chi connectivity index (χ1) is 9.15. The largest absolute Gasteiger partial charge is 0.336 e. The molecular weight excluding hydrogens is 272 g/mol. The molecule has 0 saturated carbocycles. The molecule has 110 valence electrons. The molecule has 1 aromatic carbocycles. The van der Waals surface area contributed by atoms with Crippen LogP contribution in [0.5, 0.6) is 0 Å². The second-order valence-corrected chi connectivity index (χ2v) is 6.08. The highest BCUT2D eigenvalue weighted by Crippen LogP contribution is 2.24. The lowest BCUT2D eigenvalue weighted by atomic mass is 9.94. The average molecular weight is 295 g/mol. The topological polar surface area (TPSA) is 32.3 Å². The van der Waals surface area contributed by atoms with Crippen molar-refractivity contribution in [2.45, 2.75) is 45.8 Å². The van der Waals surface area contributed by atoms with E-state index in [-0.39, 0.29) is 18.3 Å². The molecule has 4 heteroatoms. The number of hydrogen-bond donors (Lipinski definition) is 1. The number of carbonyl (C=O) groups excluding carboxylic acids is 1. The van der Waals surface area contributed by atoms with Crippen molar-refractivity contribution in [1.82, 2.24) is 10.2 Å². The summed E-state index contributed by atoms with van der Waals surface area (Å²) < 4.78 is 0. The van der Waals surface area contributed by atoms with Crippen LogP contribution < -0.4 is 5.32 Å². The van der Waals surface area contributed by atoms with Crippen molar-refractivity contribution in [3.8, 4) is 0 Å². The Morgan fingerprint density at radius 1 is 1.20 bits per heavy atom. The zero-order valence-electron chi connectivity index (χ0n) is 12.2. The third-order valence-electron chi connectivity index (χ3n) is 4.46. The molecule has 1 fully saturated rings. The number of nitrogens with one attached hydrogen (secondary N) is 1. The van der Waals surface area contributed by atoms with Crippen LogP contribution in [-0.2, 0) is 13.1 Å². The Kier molecular flexibility index (Phi) is 4.71. The van der Waals surface area contributed by atoms with E-state index in [0.29, 0.717) is 12.0 Å². The fourth-order valence-electron chi connectivity index (χ4n) is 3.17. The first-order valence-electron chi connectivity index (χ1n) is 7.28. The number of amides is 1.